The van der Waals surface area contributed by atoms with Gasteiger partial charge in [0.05, 0.1) is 9.73 Å². The molecule has 3 heteroatoms. The van der Waals surface area contributed by atoms with Crippen molar-refractivity contribution >= 4 is 9.73 Å². The SMILES string of the molecule is C#CCN=S(C)(=O)c1ccc(C)cc1. The van der Waals surface area contributed by atoms with Gasteiger partial charge in [-0.1, -0.05) is 23.6 Å². The molecule has 1 atom stereocenters. The molecule has 0 amide bonds. The molecule has 14 heavy (non-hydrogen) atoms. The maximum atomic E-state index is 12.0. The van der Waals surface area contributed by atoms with Crippen LogP contribution in [0.5, 0.6) is 0 Å². The van der Waals surface area contributed by atoms with Crippen LogP contribution in [-0.4, -0.2) is 17.0 Å². The highest BCUT2D eigenvalue weighted by atomic mass is 32.2. The smallest absolute Gasteiger partial charge is 0.109 e. The molecule has 0 heterocycles. The van der Waals surface area contributed by atoms with Gasteiger partial charge in [0.15, 0.2) is 0 Å². The van der Waals surface area contributed by atoms with Gasteiger partial charge in [-0.25, -0.2) is 8.57 Å². The quantitative estimate of drug-likeness (QED) is 0.683. The van der Waals surface area contributed by atoms with E-state index in [2.05, 4.69) is 10.3 Å². The summed E-state index contributed by atoms with van der Waals surface area (Å²) in [5.74, 6) is 2.36. The minimum Gasteiger partial charge on any atom is -0.245 e. The third kappa shape index (κ3) is 2.61. The molecule has 0 aliphatic rings. The van der Waals surface area contributed by atoms with Crippen molar-refractivity contribution in [3.8, 4) is 12.3 Å². The second-order valence-corrected chi connectivity index (χ2v) is 5.44. The van der Waals surface area contributed by atoms with Gasteiger partial charge in [-0.2, -0.15) is 0 Å². The normalized spacial score (nSPS) is 14.1. The van der Waals surface area contributed by atoms with Crippen molar-refractivity contribution in [3.05, 3.63) is 29.8 Å². The molecule has 0 aromatic heterocycles. The van der Waals surface area contributed by atoms with Gasteiger partial charge in [-0.05, 0) is 19.1 Å². The lowest BCUT2D eigenvalue weighted by Gasteiger charge is -2.03. The molecule has 2 nitrogen and oxygen atoms in total. The molecule has 1 aromatic rings. The first kappa shape index (κ1) is 10.8. The highest BCUT2D eigenvalue weighted by Crippen LogP contribution is 2.12. The maximum Gasteiger partial charge on any atom is 0.109 e. The van der Waals surface area contributed by atoms with E-state index in [0.717, 1.165) is 10.5 Å². The van der Waals surface area contributed by atoms with Crippen LogP contribution in [0.25, 0.3) is 0 Å². The average Bonchev–Trinajstić information content (AvgIpc) is 2.16. The molecule has 0 fully saturated rings. The minimum atomic E-state index is -2.31. The molecule has 1 rings (SSSR count). The van der Waals surface area contributed by atoms with Crippen LogP contribution in [0.3, 0.4) is 0 Å². The Labute approximate surface area is 85.5 Å². The molecule has 0 radical (unpaired) electrons. The summed E-state index contributed by atoms with van der Waals surface area (Å²) < 4.78 is 16.0. The maximum absolute atomic E-state index is 12.0. The van der Waals surface area contributed by atoms with E-state index in [4.69, 9.17) is 6.42 Å². The summed E-state index contributed by atoms with van der Waals surface area (Å²) in [7, 11) is -2.31. The number of hydrogen-bond donors (Lipinski definition) is 0. The number of hydrogen-bond acceptors (Lipinski definition) is 2. The molecule has 1 unspecified atom stereocenters. The average molecular weight is 207 g/mol. The Morgan fingerprint density at radius 3 is 2.50 bits per heavy atom. The monoisotopic (exact) mass is 207 g/mol. The lowest BCUT2D eigenvalue weighted by Crippen LogP contribution is -1.98. The minimum absolute atomic E-state index is 0.198. The molecule has 0 saturated heterocycles. The highest BCUT2D eigenvalue weighted by Gasteiger charge is 2.03. The second kappa shape index (κ2) is 4.30. The molecule has 0 N–H and O–H groups in total. The predicted molar refractivity (Wildman–Crippen MR) is 59.6 cm³/mol. The molecular formula is C11H13NOS. The summed E-state index contributed by atoms with van der Waals surface area (Å²) in [5.41, 5.74) is 1.14. The first-order valence-corrected chi connectivity index (χ1v) is 6.16. The van der Waals surface area contributed by atoms with Crippen LogP contribution in [0.2, 0.25) is 0 Å². The fourth-order valence-corrected chi connectivity index (χ4v) is 2.14. The van der Waals surface area contributed by atoms with Crippen LogP contribution in [0, 0.1) is 19.3 Å². The topological polar surface area (TPSA) is 29.4 Å². The van der Waals surface area contributed by atoms with E-state index in [1.54, 1.807) is 6.26 Å². The largest absolute Gasteiger partial charge is 0.245 e. The van der Waals surface area contributed by atoms with Crippen LogP contribution < -0.4 is 0 Å². The van der Waals surface area contributed by atoms with E-state index in [9.17, 15) is 4.21 Å². The first-order valence-electron chi connectivity index (χ1n) is 4.24. The van der Waals surface area contributed by atoms with Crippen LogP contribution in [0.4, 0.5) is 0 Å². The van der Waals surface area contributed by atoms with Gasteiger partial charge in [-0.3, -0.25) is 0 Å². The van der Waals surface area contributed by atoms with Crippen molar-refractivity contribution in [2.45, 2.75) is 11.8 Å². The third-order valence-electron chi connectivity index (χ3n) is 1.86. The lowest BCUT2D eigenvalue weighted by molar-refractivity contribution is 0.679. The second-order valence-electron chi connectivity index (χ2n) is 3.11. The van der Waals surface area contributed by atoms with E-state index >= 15 is 0 Å². The zero-order valence-corrected chi connectivity index (χ0v) is 9.17. The Balaban J connectivity index is 3.12. The summed E-state index contributed by atoms with van der Waals surface area (Å²) in [6.45, 7) is 2.18. The van der Waals surface area contributed by atoms with Crippen LogP contribution in [0.1, 0.15) is 5.56 Å². The highest BCUT2D eigenvalue weighted by molar-refractivity contribution is 7.93. The van der Waals surface area contributed by atoms with Crippen molar-refractivity contribution < 1.29 is 4.21 Å². The standard InChI is InChI=1S/C11H13NOS/c1-4-9-12-14(3,13)11-7-5-10(2)6-8-11/h1,5-8H,9H2,2-3H3. The van der Waals surface area contributed by atoms with E-state index in [0.29, 0.717) is 0 Å². The zero-order valence-electron chi connectivity index (χ0n) is 8.36. The van der Waals surface area contributed by atoms with Crippen molar-refractivity contribution in [1.29, 1.82) is 0 Å². The number of rotatable bonds is 2. The Bertz CT molecular complexity index is 459. The van der Waals surface area contributed by atoms with Gasteiger partial charge in [0, 0.05) is 11.2 Å². The molecular weight excluding hydrogens is 194 g/mol. The van der Waals surface area contributed by atoms with Crippen LogP contribution >= 0.6 is 0 Å². The summed E-state index contributed by atoms with van der Waals surface area (Å²) >= 11 is 0. The molecule has 0 bridgehead atoms. The number of terminal acetylenes is 1. The Kier molecular flexibility index (Phi) is 3.32. The third-order valence-corrected chi connectivity index (χ3v) is 3.63. The molecule has 0 aliphatic heterocycles. The summed E-state index contributed by atoms with van der Waals surface area (Å²) in [4.78, 5) is 0.735. The Morgan fingerprint density at radius 1 is 1.43 bits per heavy atom. The van der Waals surface area contributed by atoms with E-state index in [-0.39, 0.29) is 6.54 Å². The molecule has 0 aliphatic carbocycles. The molecule has 0 spiro atoms. The lowest BCUT2D eigenvalue weighted by atomic mass is 10.2. The van der Waals surface area contributed by atoms with Gasteiger partial charge in [0.25, 0.3) is 0 Å². The van der Waals surface area contributed by atoms with Crippen LogP contribution in [-0.2, 0) is 9.73 Å². The fourth-order valence-electron chi connectivity index (χ4n) is 1.03. The molecule has 1 aromatic carbocycles. The van der Waals surface area contributed by atoms with Gasteiger partial charge in [0.2, 0.25) is 0 Å². The Hall–Kier alpha value is -1.27. The van der Waals surface area contributed by atoms with Crippen molar-refractivity contribution in [2.75, 3.05) is 12.8 Å². The summed E-state index contributed by atoms with van der Waals surface area (Å²) in [6.07, 6.45) is 6.67. The molecule has 74 valence electrons. The fraction of sp³-hybridized carbons (Fsp3) is 0.273. The van der Waals surface area contributed by atoms with Crippen molar-refractivity contribution in [3.63, 3.8) is 0 Å². The molecule has 0 saturated carbocycles. The van der Waals surface area contributed by atoms with Gasteiger partial charge in [-0.15, -0.1) is 6.42 Å². The predicted octanol–water partition coefficient (Wildman–Crippen LogP) is 2.08. The number of nitrogens with zero attached hydrogens (tertiary/aromatic N) is 1. The van der Waals surface area contributed by atoms with E-state index in [1.165, 1.54) is 0 Å². The van der Waals surface area contributed by atoms with Crippen molar-refractivity contribution in [2.24, 2.45) is 4.36 Å². The number of benzene rings is 1. The van der Waals surface area contributed by atoms with Gasteiger partial charge < -0.3 is 0 Å². The zero-order chi connectivity index (χ0) is 10.6. The Morgan fingerprint density at radius 2 is 2.00 bits per heavy atom. The summed E-state index contributed by atoms with van der Waals surface area (Å²) in [6, 6.07) is 7.50. The first-order chi connectivity index (χ1) is 6.56. The van der Waals surface area contributed by atoms with Crippen LogP contribution in [0.15, 0.2) is 33.5 Å². The summed E-state index contributed by atoms with van der Waals surface area (Å²) in [5, 5.41) is 0. The van der Waals surface area contributed by atoms with Gasteiger partial charge >= 0.3 is 0 Å². The number of aryl methyl sites for hydroxylation is 1. The van der Waals surface area contributed by atoms with E-state index in [1.807, 2.05) is 31.2 Å². The van der Waals surface area contributed by atoms with Gasteiger partial charge in [0.1, 0.15) is 6.54 Å². The van der Waals surface area contributed by atoms with E-state index < -0.39 is 9.73 Å². The van der Waals surface area contributed by atoms with Crippen molar-refractivity contribution in [1.82, 2.24) is 0 Å².